The van der Waals surface area contributed by atoms with Crippen LogP contribution in [0.4, 0.5) is 72.0 Å². The van der Waals surface area contributed by atoms with Gasteiger partial charge in [-0.25, -0.2) is 24.5 Å². The monoisotopic (exact) mass is 1950 g/mol. The van der Waals surface area contributed by atoms with Gasteiger partial charge in [0.2, 0.25) is 0 Å². The van der Waals surface area contributed by atoms with Crippen LogP contribution in [0.1, 0.15) is 30.5 Å². The zero-order valence-corrected chi connectivity index (χ0v) is 73.5. The molecule has 0 aliphatic heterocycles. The zero-order valence-electron chi connectivity index (χ0n) is 63.7. The normalized spacial score (nSPS) is 11.3. The van der Waals surface area contributed by atoms with Crippen molar-refractivity contribution in [2.75, 3.05) is 167 Å². The average molecular weight is 1960 g/mol. The van der Waals surface area contributed by atoms with Crippen LogP contribution < -0.4 is 69.9 Å². The van der Waals surface area contributed by atoms with E-state index in [1.54, 1.807) is 115 Å². The quantitative estimate of drug-likeness (QED) is 0.00748. The number of esters is 2. The second-order valence-corrected chi connectivity index (χ2v) is 29.2. The number of carboxylic acids is 1. The number of hydrogen-bond acceptors (Lipinski definition) is 19. The van der Waals surface area contributed by atoms with E-state index in [2.05, 4.69) is 37.5 Å². The molecule has 0 amide bonds. The molecular weight excluding hydrogens is 1870 g/mol. The van der Waals surface area contributed by atoms with E-state index in [0.717, 1.165) is 53.1 Å². The number of benzene rings is 6. The molecule has 620 valence electrons. The Morgan fingerprint density at radius 1 is 0.474 bits per heavy atom. The van der Waals surface area contributed by atoms with Crippen LogP contribution in [0.3, 0.4) is 0 Å². The van der Waals surface area contributed by atoms with Crippen LogP contribution in [0.25, 0.3) is 33.8 Å². The van der Waals surface area contributed by atoms with Gasteiger partial charge in [0, 0.05) is 91.1 Å². The maximum Gasteiger partial charge on any atom is 1.00 e. The summed E-state index contributed by atoms with van der Waals surface area (Å²) in [5.74, 6) is -1.48. The largest absolute Gasteiger partial charge is 1.00 e. The smallest absolute Gasteiger partial charge is 1.00 e. The minimum atomic E-state index is -4.47. The molecule has 9 aromatic rings. The van der Waals surface area contributed by atoms with Gasteiger partial charge in [0.05, 0.1) is 121 Å². The van der Waals surface area contributed by atoms with Crippen molar-refractivity contribution < 1.29 is 152 Å². The second-order valence-electron chi connectivity index (χ2n) is 25.4. The number of aliphatic carboxylic acids is 1. The summed E-state index contributed by atoms with van der Waals surface area (Å²) in [5, 5.41) is 17.8. The van der Waals surface area contributed by atoms with Crippen molar-refractivity contribution in [2.45, 2.75) is 32.4 Å². The molecule has 19 nitrogen and oxygen atoms in total. The molecule has 38 heteroatoms. The summed E-state index contributed by atoms with van der Waals surface area (Å²) in [7, 11) is 9.17. The summed E-state index contributed by atoms with van der Waals surface area (Å²) < 4.78 is 148. The molecule has 0 saturated carbocycles. The molecule has 0 radical (unpaired) electrons. The predicted molar refractivity (Wildman–Crippen MR) is 429 cm³/mol. The topological polar surface area (TPSA) is 199 Å². The van der Waals surface area contributed by atoms with Crippen molar-refractivity contribution in [3.05, 3.63) is 193 Å². The molecule has 0 bridgehead atoms. The fourth-order valence-corrected chi connectivity index (χ4v) is 13.5. The fourth-order valence-electron chi connectivity index (χ4n) is 10.3. The third-order valence-corrected chi connectivity index (χ3v) is 19.1. The molecule has 0 unspecified atom stereocenters. The number of halogens is 15. The van der Waals surface area contributed by atoms with E-state index >= 15 is 0 Å². The van der Waals surface area contributed by atoms with E-state index < -0.39 is 41.2 Å². The Balaban J connectivity index is 0.000000564. The SMILES string of the molecule is CCOC(=O)CN(C)CCOCCN(c1cccc(C(F)(F)F)c1)c1nc(-c2cccc(Cl)c2)cs1.CCOC(=O)C[N+](C)(C)CCOCCN(c1cccc(C(F)(F)F)c1)c1nc(-c2cccc(Cl)c2)cs1.CI.C[N+](C)(CCOCCN(c1cccc(C(F)(F)F)c1)c1nc(-c2cccc(Cl)c2)cs1)CC(=O)O.[Cl-].[I-].[Li+].[OH-]. The Hall–Kier alpha value is -5.67. The molecule has 6 aromatic carbocycles. The van der Waals surface area contributed by atoms with Crippen LogP contribution in [0.15, 0.2) is 162 Å². The first-order valence-corrected chi connectivity index (χ1v) is 40.0. The summed E-state index contributed by atoms with van der Waals surface area (Å²) in [4.78, 5) is 57.2. The van der Waals surface area contributed by atoms with E-state index in [-0.39, 0.29) is 136 Å². The molecule has 0 aliphatic rings. The molecule has 3 aromatic heterocycles. The number of carbonyl (C=O) groups excluding carboxylic acids is 2. The maximum atomic E-state index is 13.4. The van der Waals surface area contributed by atoms with Crippen LogP contribution in [-0.2, 0) is 56.6 Å². The number of carboxylic acid groups (broad SMARTS) is 1. The number of alkyl halides is 10. The third-order valence-electron chi connectivity index (χ3n) is 15.8. The van der Waals surface area contributed by atoms with Gasteiger partial charge in [0.25, 0.3) is 0 Å². The van der Waals surface area contributed by atoms with Crippen molar-refractivity contribution in [1.29, 1.82) is 0 Å². The van der Waals surface area contributed by atoms with Gasteiger partial charge in [0.15, 0.2) is 28.5 Å². The van der Waals surface area contributed by atoms with Gasteiger partial charge in [-0.05, 0) is 117 Å². The number of aromatic nitrogens is 3. The number of thiazole rings is 3. The molecule has 0 atom stereocenters. The number of anilines is 6. The third kappa shape index (κ3) is 35.9. The first-order chi connectivity index (χ1) is 52.1. The number of quaternary nitrogens is 2. The molecule has 3 heterocycles. The van der Waals surface area contributed by atoms with Crippen LogP contribution >= 0.6 is 91.4 Å². The summed E-state index contributed by atoms with van der Waals surface area (Å²) in [5.41, 5.74) is 3.30. The van der Waals surface area contributed by atoms with E-state index in [4.69, 9.17) is 63.6 Å². The van der Waals surface area contributed by atoms with Crippen molar-refractivity contribution in [1.82, 2.24) is 19.9 Å². The van der Waals surface area contributed by atoms with Crippen LogP contribution in [0, 0.1) is 0 Å². The predicted octanol–water partition coefficient (Wildman–Crippen LogP) is 10.1. The molecule has 0 spiro atoms. The van der Waals surface area contributed by atoms with Gasteiger partial charge in [-0.2, -0.15) is 39.5 Å². The Morgan fingerprint density at radius 3 is 1.08 bits per heavy atom. The van der Waals surface area contributed by atoms with Crippen molar-refractivity contribution in [3.8, 4) is 33.8 Å². The second kappa shape index (κ2) is 50.9. The number of hydrogen-bond donors (Lipinski definition) is 1. The summed E-state index contributed by atoms with van der Waals surface area (Å²) in [6, 6.07) is 37.0. The van der Waals surface area contributed by atoms with Gasteiger partial charge in [-0.15, -0.1) is 34.0 Å². The van der Waals surface area contributed by atoms with Crippen molar-refractivity contribution >= 4 is 142 Å². The fraction of sp³-hybridized carbons (Fsp3) is 0.368. The molecule has 0 saturated heterocycles. The van der Waals surface area contributed by atoms with E-state index in [0.29, 0.717) is 122 Å². The van der Waals surface area contributed by atoms with Crippen molar-refractivity contribution in [2.24, 2.45) is 0 Å². The van der Waals surface area contributed by atoms with E-state index in [9.17, 15) is 53.9 Å². The average Bonchev–Trinajstić information content (AvgIpc) is 1.79. The van der Waals surface area contributed by atoms with Crippen LogP contribution in [-0.4, -0.2) is 209 Å². The first kappa shape index (κ1) is 104. The number of rotatable bonds is 35. The molecule has 2 N–H and O–H groups in total. The maximum absolute atomic E-state index is 13.4. The molecule has 0 fully saturated rings. The van der Waals surface area contributed by atoms with E-state index in [1.165, 1.54) is 52.2 Å². The van der Waals surface area contributed by atoms with Gasteiger partial charge < -0.3 is 94.3 Å². The summed E-state index contributed by atoms with van der Waals surface area (Å²) in [6.45, 7) is 8.61. The Bertz CT molecular complexity index is 4370. The van der Waals surface area contributed by atoms with Crippen LogP contribution in [0.2, 0.25) is 15.1 Å². The molecule has 0 aliphatic carbocycles. The Labute approximate surface area is 733 Å². The standard InChI is InChI=1S/C26H30ClF3N3O3S.C25H27ClF3N3O3S.C24H25ClF3N3O3S.CH3I.ClH.HI.Li.H2O/c1-4-36-24(34)17-33(2,3)12-14-35-13-11-32(22-10-6-8-20(16-22)26(28,29)30)25-31-23(18-37-25)19-7-5-9-21(27)15-19;1-3-35-23(33)16-31(2)10-12-34-13-11-32(21-9-5-7-19(15-21)25(27,28)29)24-30-22(17-36-24)18-6-4-8-20(26)14-18;1-31(2,15-22(32)33)10-12-34-11-9-30(20-8-4-6-18(14-20)24(26,27)28)23-29-21(16-35-23)17-5-3-7-19(25)13-17;1-2;;;;/h5-10,15-16,18H,4,11-14,17H2,1-3H3;4-9,14-15,17H,3,10-13,16H2,1-2H3;3-8,13-14,16H,9-12,15H2,1-2H3;1H3;2*1H;;1H2/q+1;;;;;;+1;/p-2. The molecule has 9 rings (SSSR count). The van der Waals surface area contributed by atoms with Gasteiger partial charge in [-0.1, -0.05) is 112 Å². The number of carbonyl (C=O) groups is 3. The van der Waals surface area contributed by atoms with Gasteiger partial charge in [0.1, 0.15) is 13.1 Å². The zero-order chi connectivity index (χ0) is 80.8. The first-order valence-electron chi connectivity index (χ1n) is 34.1. The van der Waals surface area contributed by atoms with Crippen LogP contribution in [0.5, 0.6) is 0 Å². The molecular formula is C76H87Cl4F9I2LiN9O10S3. The minimum absolute atomic E-state index is 0. The Morgan fingerprint density at radius 2 is 0.772 bits per heavy atom. The van der Waals surface area contributed by atoms with Crippen molar-refractivity contribution in [3.63, 3.8) is 0 Å². The summed E-state index contributed by atoms with van der Waals surface area (Å²) >= 11 is 24.4. The van der Waals surface area contributed by atoms with Gasteiger partial charge in [-0.3, -0.25) is 9.69 Å². The van der Waals surface area contributed by atoms with Gasteiger partial charge >= 0.3 is 55.3 Å². The minimum Gasteiger partial charge on any atom is -1.00 e. The number of likely N-dealkylation sites (N-methyl/N-ethyl adjacent to an activating group) is 3. The molecule has 114 heavy (non-hydrogen) atoms. The Kier molecular flexibility index (Phi) is 46.7. The number of ether oxygens (including phenoxy) is 5. The summed E-state index contributed by atoms with van der Waals surface area (Å²) in [6.07, 6.45) is -13.4. The number of nitrogens with zero attached hydrogens (tertiary/aromatic N) is 9. The van der Waals surface area contributed by atoms with E-state index in [1.807, 2.05) is 65.5 Å².